The monoisotopic (exact) mass is 340 g/mol. The van der Waals surface area contributed by atoms with Gasteiger partial charge in [-0.25, -0.2) is 0 Å². The summed E-state index contributed by atoms with van der Waals surface area (Å²) in [6, 6.07) is 7.69. The molecule has 0 radical (unpaired) electrons. The highest BCUT2D eigenvalue weighted by Gasteiger charge is 2.16. The highest BCUT2D eigenvalue weighted by Crippen LogP contribution is 2.16. The van der Waals surface area contributed by atoms with Gasteiger partial charge in [-0.2, -0.15) is 0 Å². The van der Waals surface area contributed by atoms with Gasteiger partial charge in [-0.05, 0) is 44.0 Å². The van der Waals surface area contributed by atoms with Crippen molar-refractivity contribution in [3.05, 3.63) is 47.6 Å². The van der Waals surface area contributed by atoms with Crippen molar-refractivity contribution >= 4 is 12.0 Å². The number of aryl methyl sites for hydroxylation is 1. The third-order valence-electron chi connectivity index (χ3n) is 3.99. The molecule has 132 valence electrons. The van der Waals surface area contributed by atoms with Gasteiger partial charge in [0, 0.05) is 32.0 Å². The summed E-state index contributed by atoms with van der Waals surface area (Å²) in [7, 11) is 0. The van der Waals surface area contributed by atoms with E-state index in [1.165, 1.54) is 0 Å². The zero-order valence-corrected chi connectivity index (χ0v) is 14.7. The van der Waals surface area contributed by atoms with E-state index in [0.717, 1.165) is 42.3 Å². The van der Waals surface area contributed by atoms with E-state index in [9.17, 15) is 4.79 Å². The second-order valence-electron chi connectivity index (χ2n) is 6.40. The van der Waals surface area contributed by atoms with Crippen molar-refractivity contribution in [2.75, 3.05) is 6.54 Å². The van der Waals surface area contributed by atoms with Crippen molar-refractivity contribution in [3.8, 4) is 5.75 Å². The number of aromatic nitrogens is 3. The number of hydrogen-bond donors (Lipinski definition) is 1. The van der Waals surface area contributed by atoms with Gasteiger partial charge in [0.2, 0.25) is 5.91 Å². The van der Waals surface area contributed by atoms with E-state index in [4.69, 9.17) is 4.74 Å². The predicted molar refractivity (Wildman–Crippen MR) is 96.3 cm³/mol. The molecule has 0 unspecified atom stereocenters. The fraction of sp³-hybridized carbons (Fsp3) is 0.421. The molecule has 0 saturated carbocycles. The molecule has 1 aromatic carbocycles. The molecule has 0 aliphatic carbocycles. The lowest BCUT2D eigenvalue weighted by molar-refractivity contribution is -0.116. The van der Waals surface area contributed by atoms with Crippen LogP contribution in [0.1, 0.15) is 37.5 Å². The molecule has 2 heterocycles. The van der Waals surface area contributed by atoms with Gasteiger partial charge in [0.1, 0.15) is 17.4 Å². The van der Waals surface area contributed by atoms with Crippen molar-refractivity contribution in [2.45, 2.75) is 45.8 Å². The van der Waals surface area contributed by atoms with Crippen LogP contribution in [-0.2, 0) is 24.2 Å². The van der Waals surface area contributed by atoms with Crippen LogP contribution in [-0.4, -0.2) is 33.3 Å². The lowest BCUT2D eigenvalue weighted by Gasteiger charge is -2.09. The van der Waals surface area contributed by atoms with Crippen LogP contribution in [0, 0.1) is 0 Å². The minimum Gasteiger partial charge on any atom is -0.491 e. The van der Waals surface area contributed by atoms with Crippen LogP contribution < -0.4 is 10.1 Å². The third-order valence-corrected chi connectivity index (χ3v) is 3.99. The van der Waals surface area contributed by atoms with Crippen molar-refractivity contribution in [3.63, 3.8) is 0 Å². The molecular weight excluding hydrogens is 316 g/mol. The van der Waals surface area contributed by atoms with E-state index in [-0.39, 0.29) is 12.0 Å². The number of fused-ring (bicyclic) bond motifs is 1. The number of nitrogens with zero attached hydrogens (tertiary/aromatic N) is 3. The Labute approximate surface area is 147 Å². The van der Waals surface area contributed by atoms with Crippen molar-refractivity contribution < 1.29 is 9.53 Å². The van der Waals surface area contributed by atoms with Crippen LogP contribution in [0.3, 0.4) is 0 Å². The highest BCUT2D eigenvalue weighted by molar-refractivity contribution is 5.91. The number of amides is 1. The van der Waals surface area contributed by atoms with Crippen molar-refractivity contribution in [2.24, 2.45) is 0 Å². The van der Waals surface area contributed by atoms with Gasteiger partial charge < -0.3 is 14.6 Å². The molecule has 0 bridgehead atoms. The minimum atomic E-state index is -0.114. The Morgan fingerprint density at radius 3 is 3.12 bits per heavy atom. The SMILES string of the molecule is CC(C)Oc1cccc(/C=C/C(=O)NCCc2nnc3n2CCC3)c1. The van der Waals surface area contributed by atoms with Gasteiger partial charge in [-0.3, -0.25) is 4.79 Å². The standard InChI is InChI=1S/C19H24N4O2/c1-14(2)25-16-6-3-5-15(13-16)8-9-19(24)20-11-10-18-22-21-17-7-4-12-23(17)18/h3,5-6,8-9,13-14H,4,7,10-12H2,1-2H3,(H,20,24)/b9-8+. The fourth-order valence-corrected chi connectivity index (χ4v) is 2.89. The largest absolute Gasteiger partial charge is 0.491 e. The second-order valence-corrected chi connectivity index (χ2v) is 6.40. The molecular formula is C19H24N4O2. The first-order valence-corrected chi connectivity index (χ1v) is 8.75. The summed E-state index contributed by atoms with van der Waals surface area (Å²) in [5.41, 5.74) is 0.934. The summed E-state index contributed by atoms with van der Waals surface area (Å²) in [5, 5.41) is 11.3. The molecule has 1 amide bonds. The Morgan fingerprint density at radius 2 is 2.28 bits per heavy atom. The minimum absolute atomic E-state index is 0.114. The van der Waals surface area contributed by atoms with Crippen LogP contribution in [0.4, 0.5) is 0 Å². The zero-order valence-electron chi connectivity index (χ0n) is 14.7. The van der Waals surface area contributed by atoms with Gasteiger partial charge in [-0.1, -0.05) is 12.1 Å². The molecule has 25 heavy (non-hydrogen) atoms. The maximum absolute atomic E-state index is 12.0. The number of carbonyl (C=O) groups is 1. The van der Waals surface area contributed by atoms with E-state index in [0.29, 0.717) is 13.0 Å². The van der Waals surface area contributed by atoms with Gasteiger partial charge in [-0.15, -0.1) is 10.2 Å². The molecule has 0 fully saturated rings. The van der Waals surface area contributed by atoms with E-state index in [1.54, 1.807) is 12.2 Å². The summed E-state index contributed by atoms with van der Waals surface area (Å²) in [6.45, 7) is 5.51. The van der Waals surface area contributed by atoms with Gasteiger partial charge in [0.25, 0.3) is 0 Å². The number of rotatable bonds is 7. The molecule has 1 N–H and O–H groups in total. The first kappa shape index (κ1) is 17.2. The molecule has 1 aromatic heterocycles. The average Bonchev–Trinajstić information content (AvgIpc) is 3.17. The van der Waals surface area contributed by atoms with Crippen LogP contribution in [0.2, 0.25) is 0 Å². The van der Waals surface area contributed by atoms with Crippen LogP contribution in [0.5, 0.6) is 5.75 Å². The summed E-state index contributed by atoms with van der Waals surface area (Å²) in [4.78, 5) is 12.0. The number of benzene rings is 1. The average molecular weight is 340 g/mol. The first-order chi connectivity index (χ1) is 12.1. The molecule has 6 nitrogen and oxygen atoms in total. The molecule has 0 saturated heterocycles. The fourth-order valence-electron chi connectivity index (χ4n) is 2.89. The van der Waals surface area contributed by atoms with Crippen LogP contribution >= 0.6 is 0 Å². The smallest absolute Gasteiger partial charge is 0.244 e. The van der Waals surface area contributed by atoms with Gasteiger partial charge >= 0.3 is 0 Å². The van der Waals surface area contributed by atoms with Crippen LogP contribution in [0.25, 0.3) is 6.08 Å². The summed E-state index contributed by atoms with van der Waals surface area (Å²) < 4.78 is 7.81. The molecule has 1 aliphatic rings. The van der Waals surface area contributed by atoms with E-state index < -0.39 is 0 Å². The topological polar surface area (TPSA) is 69.0 Å². The predicted octanol–water partition coefficient (Wildman–Crippen LogP) is 2.38. The Kier molecular flexibility index (Phi) is 5.48. The number of hydrogen-bond acceptors (Lipinski definition) is 4. The first-order valence-electron chi connectivity index (χ1n) is 8.75. The summed E-state index contributed by atoms with van der Waals surface area (Å²) in [5.74, 6) is 2.70. The Bertz CT molecular complexity index is 765. The molecule has 2 aromatic rings. The van der Waals surface area contributed by atoms with Crippen molar-refractivity contribution in [1.82, 2.24) is 20.1 Å². The lowest BCUT2D eigenvalue weighted by atomic mass is 10.2. The molecule has 3 rings (SSSR count). The molecule has 0 spiro atoms. The number of ether oxygens (including phenoxy) is 1. The Hall–Kier alpha value is -2.63. The van der Waals surface area contributed by atoms with E-state index in [2.05, 4.69) is 20.1 Å². The summed E-state index contributed by atoms with van der Waals surface area (Å²) in [6.07, 6.45) is 6.29. The third kappa shape index (κ3) is 4.68. The maximum Gasteiger partial charge on any atom is 0.244 e. The van der Waals surface area contributed by atoms with E-state index >= 15 is 0 Å². The lowest BCUT2D eigenvalue weighted by Crippen LogP contribution is -2.24. The maximum atomic E-state index is 12.0. The highest BCUT2D eigenvalue weighted by atomic mass is 16.5. The number of nitrogens with one attached hydrogen (secondary N) is 1. The Morgan fingerprint density at radius 1 is 1.40 bits per heavy atom. The van der Waals surface area contributed by atoms with Crippen LogP contribution in [0.15, 0.2) is 30.3 Å². The second kappa shape index (κ2) is 7.96. The molecule has 1 aliphatic heterocycles. The van der Waals surface area contributed by atoms with Gasteiger partial charge in [0.05, 0.1) is 6.10 Å². The van der Waals surface area contributed by atoms with Crippen molar-refractivity contribution in [1.29, 1.82) is 0 Å². The number of carbonyl (C=O) groups excluding carboxylic acids is 1. The van der Waals surface area contributed by atoms with Gasteiger partial charge in [0.15, 0.2) is 0 Å². The molecule has 0 atom stereocenters. The zero-order chi connectivity index (χ0) is 17.6. The quantitative estimate of drug-likeness (QED) is 0.786. The van der Waals surface area contributed by atoms with E-state index in [1.807, 2.05) is 38.1 Å². The summed E-state index contributed by atoms with van der Waals surface area (Å²) >= 11 is 0. The Balaban J connectivity index is 1.48. The molecule has 6 heteroatoms. The normalized spacial score (nSPS) is 13.4.